The summed E-state index contributed by atoms with van der Waals surface area (Å²) < 4.78 is 77.9. The zero-order valence-electron chi connectivity index (χ0n) is 17.7. The van der Waals surface area contributed by atoms with Gasteiger partial charge in [0.05, 0.1) is 0 Å². The first-order valence-electron chi connectivity index (χ1n) is 8.66. The van der Waals surface area contributed by atoms with Crippen LogP contribution >= 0.6 is 0 Å². The number of rotatable bonds is 15. The van der Waals surface area contributed by atoms with E-state index in [1.807, 2.05) is 0 Å². The van der Waals surface area contributed by atoms with E-state index in [1.165, 1.54) is 36.5 Å². The second kappa shape index (κ2) is 23.4. The van der Waals surface area contributed by atoms with E-state index >= 15 is 0 Å². The monoisotopic (exact) mass is 561 g/mol. The van der Waals surface area contributed by atoms with Crippen molar-refractivity contribution in [3.8, 4) is 0 Å². The summed E-state index contributed by atoms with van der Waals surface area (Å²) in [4.78, 5) is 0. The molecule has 0 saturated carbocycles. The average molecular weight is 561 g/mol. The number of hydrogen-bond donors (Lipinski definition) is 0. The summed E-state index contributed by atoms with van der Waals surface area (Å²) in [5.74, 6) is 0. The molecule has 31 heavy (non-hydrogen) atoms. The van der Waals surface area contributed by atoms with Crippen molar-refractivity contribution in [2.45, 2.75) is 14.2 Å². The molecular formula is C18H30AlO9Ti3. The van der Waals surface area contributed by atoms with Gasteiger partial charge in [0.2, 0.25) is 0 Å². The largest absolute Gasteiger partial charge is 3.00 e. The molecule has 0 aromatic rings. The Morgan fingerprint density at radius 1 is 0.516 bits per heavy atom. The van der Waals surface area contributed by atoms with Crippen LogP contribution in [0, 0.1) is 0 Å². The Kier molecular flexibility index (Phi) is 29.1. The Balaban J connectivity index is -0.000000174. The van der Waals surface area contributed by atoms with E-state index in [2.05, 4.69) is 49.4 Å². The second-order valence-corrected chi connectivity index (χ2v) is 15.0. The molecule has 0 rings (SSSR count). The Hall–Kier alpha value is 0.275. The minimum absolute atomic E-state index is 0. The van der Waals surface area contributed by atoms with E-state index < -0.39 is 52.0 Å². The molecule has 0 amide bonds. The molecule has 0 radical (unpaired) electrons. The molecule has 0 aliphatic carbocycles. The molecule has 0 aliphatic rings. The van der Waals surface area contributed by atoms with E-state index in [4.69, 9.17) is 0 Å². The van der Waals surface area contributed by atoms with Crippen molar-refractivity contribution in [1.82, 2.24) is 0 Å². The molecule has 3 unspecified atom stereocenters. The van der Waals surface area contributed by atoms with Gasteiger partial charge in [-0.2, -0.15) is 0 Å². The van der Waals surface area contributed by atoms with Crippen molar-refractivity contribution in [3.05, 3.63) is 75.9 Å². The predicted octanol–water partition coefficient (Wildman–Crippen LogP) is 1.07. The summed E-state index contributed by atoms with van der Waals surface area (Å²) in [6, 6.07) is 0. The molecule has 0 aliphatic heterocycles. The predicted molar refractivity (Wildman–Crippen MR) is 101 cm³/mol. The number of hydrogen-bond acceptors (Lipinski definition) is 9. The van der Waals surface area contributed by atoms with Gasteiger partial charge in [-0.05, 0) is 0 Å². The van der Waals surface area contributed by atoms with E-state index in [0.717, 1.165) is 0 Å². The van der Waals surface area contributed by atoms with Crippen molar-refractivity contribution in [2.24, 2.45) is 0 Å². The molecule has 0 aromatic heterocycles. The van der Waals surface area contributed by atoms with Gasteiger partial charge in [0, 0.05) is 0 Å². The zero-order valence-corrected chi connectivity index (χ0v) is 23.5. The standard InChI is InChI=1S/3C3H5O.3C3H5.Al.6O.3Ti/c3*1-2-3-4;3*1-3-2;;;;;;;;;;/h3*2H,1,3H2;3*3H,1-2H2;;;;;;;;;;/q3*-1;;;;+3;;;;3*-1;3*+1. The number of allylic oxidation sites excluding steroid dienone is 3. The molecule has 13 heteroatoms. The molecular weight excluding hydrogens is 531 g/mol. The van der Waals surface area contributed by atoms with Crippen LogP contribution in [0.1, 0.15) is 0 Å². The smallest absolute Gasteiger partial charge is 3.00 e. The van der Waals surface area contributed by atoms with Gasteiger partial charge in [-0.1, -0.05) is 0 Å². The maximum Gasteiger partial charge on any atom is 3.00 e. The van der Waals surface area contributed by atoms with Crippen LogP contribution in [0.3, 0.4) is 0 Å². The SMILES string of the molecule is C=CC[O][Ti](=[O])([O-])[CH2]C=C.C=CC[O][Ti](=[O])([O-])[CH2]C=C.C=CC[O][Ti](=[O])([O-])[CH2]C=C.[Al+3]. The van der Waals surface area contributed by atoms with Gasteiger partial charge in [-0.15, -0.1) is 0 Å². The molecule has 171 valence electrons. The third-order valence-electron chi connectivity index (χ3n) is 2.45. The Morgan fingerprint density at radius 2 is 0.710 bits per heavy atom. The van der Waals surface area contributed by atoms with E-state index in [0.29, 0.717) is 0 Å². The molecule has 0 heterocycles. The van der Waals surface area contributed by atoms with Crippen LogP contribution in [-0.2, 0) is 71.9 Å². The van der Waals surface area contributed by atoms with Crippen molar-refractivity contribution in [1.29, 1.82) is 0 Å². The molecule has 0 aromatic carbocycles. The van der Waals surface area contributed by atoms with E-state index in [1.54, 1.807) is 0 Å². The summed E-state index contributed by atoms with van der Waals surface area (Å²) in [6.45, 7) is 20.1. The third kappa shape index (κ3) is 32.5. The van der Waals surface area contributed by atoms with E-state index in [9.17, 15) is 21.0 Å². The fourth-order valence-electron chi connectivity index (χ4n) is 1.26. The summed E-state index contributed by atoms with van der Waals surface area (Å²) in [6.07, 6.45) is 8.17. The summed E-state index contributed by atoms with van der Waals surface area (Å²) in [7, 11) is 0. The Bertz CT molecular complexity index is 590. The molecule has 0 fully saturated rings. The first-order valence-corrected chi connectivity index (χ1v) is 17.7. The Labute approximate surface area is 208 Å². The van der Waals surface area contributed by atoms with Crippen molar-refractivity contribution in [3.63, 3.8) is 0 Å². The van der Waals surface area contributed by atoms with Gasteiger partial charge < -0.3 is 0 Å². The van der Waals surface area contributed by atoms with Gasteiger partial charge in [0.15, 0.2) is 0 Å². The average Bonchev–Trinajstić information content (AvgIpc) is 2.64. The third-order valence-corrected chi connectivity index (χ3v) is 8.98. The quantitative estimate of drug-likeness (QED) is 0.212. The van der Waals surface area contributed by atoms with Crippen molar-refractivity contribution >= 4 is 17.4 Å². The van der Waals surface area contributed by atoms with E-state index in [-0.39, 0.29) is 51.4 Å². The zero-order chi connectivity index (χ0) is 24.1. The van der Waals surface area contributed by atoms with Gasteiger partial charge in [-0.3, -0.25) is 0 Å². The van der Waals surface area contributed by atoms with Gasteiger partial charge in [0.25, 0.3) is 0 Å². The van der Waals surface area contributed by atoms with Crippen LogP contribution < -0.4 is 11.1 Å². The Morgan fingerprint density at radius 3 is 0.839 bits per heavy atom. The topological polar surface area (TPSA) is 148 Å². The maximum absolute atomic E-state index is 10.8. The molecule has 3 atom stereocenters. The van der Waals surface area contributed by atoms with Gasteiger partial charge in [0.1, 0.15) is 0 Å². The molecule has 9 nitrogen and oxygen atoms in total. The van der Waals surface area contributed by atoms with Crippen molar-refractivity contribution < 1.29 is 83.0 Å². The summed E-state index contributed by atoms with van der Waals surface area (Å²) >= 11 is -13.1. The molecule has 0 saturated heterocycles. The van der Waals surface area contributed by atoms with Gasteiger partial charge >= 0.3 is 210 Å². The second-order valence-electron chi connectivity index (χ2n) is 5.33. The minimum Gasteiger partial charge on any atom is 3.00 e. The summed E-state index contributed by atoms with van der Waals surface area (Å²) in [5, 5.41) is 0. The first-order chi connectivity index (χ1) is 13.9. The van der Waals surface area contributed by atoms with Crippen LogP contribution in [0.25, 0.3) is 0 Å². The molecule has 0 spiro atoms. The molecule has 0 N–H and O–H groups in total. The van der Waals surface area contributed by atoms with Crippen LogP contribution in [0.2, 0.25) is 14.2 Å². The van der Waals surface area contributed by atoms with Crippen LogP contribution in [0.4, 0.5) is 0 Å². The van der Waals surface area contributed by atoms with Crippen LogP contribution in [0.5, 0.6) is 0 Å². The maximum atomic E-state index is 10.8. The molecule has 0 bridgehead atoms. The first kappa shape index (κ1) is 38.5. The van der Waals surface area contributed by atoms with Crippen molar-refractivity contribution in [2.75, 3.05) is 19.8 Å². The normalized spacial score (nSPS) is 15.2. The minimum atomic E-state index is -4.38. The van der Waals surface area contributed by atoms with Gasteiger partial charge in [-0.25, -0.2) is 0 Å². The fourth-order valence-corrected chi connectivity index (χ4v) is 5.21. The van der Waals surface area contributed by atoms with Crippen LogP contribution in [0.15, 0.2) is 75.9 Å². The fraction of sp³-hybridized carbons (Fsp3) is 0.333. The van der Waals surface area contributed by atoms with Crippen LogP contribution in [-0.4, -0.2) is 37.2 Å². The summed E-state index contributed by atoms with van der Waals surface area (Å²) in [5.41, 5.74) is 0.